The molecule has 9 atom stereocenters. The zero-order chi connectivity index (χ0) is 19.6. The van der Waals surface area contributed by atoms with Crippen LogP contribution in [0.2, 0.25) is 0 Å². The highest BCUT2D eigenvalue weighted by Gasteiger charge is 2.48. The molecule has 2 rings (SSSR count). The Kier molecular flexibility index (Phi) is 7.69. The summed E-state index contributed by atoms with van der Waals surface area (Å²) in [5.74, 6) is -0.124. The summed E-state index contributed by atoms with van der Waals surface area (Å²) in [4.78, 5) is 0. The second-order valence-electron chi connectivity index (χ2n) is 7.92. The first-order valence-electron chi connectivity index (χ1n) is 8.82. The third-order valence-corrected chi connectivity index (χ3v) is 7.47. The van der Waals surface area contributed by atoms with Gasteiger partial charge in [0.2, 0.25) is 0 Å². The fraction of sp³-hybridized carbons (Fsp3) is 0.882. The van der Waals surface area contributed by atoms with Gasteiger partial charge < -0.3 is 20.1 Å². The summed E-state index contributed by atoms with van der Waals surface area (Å²) in [5.41, 5.74) is -0.866. The second kappa shape index (κ2) is 8.98. The summed E-state index contributed by atoms with van der Waals surface area (Å²) in [5, 5.41) is 30.9. The lowest BCUT2D eigenvalue weighted by Crippen LogP contribution is -2.64. The minimum atomic E-state index is -1.43. The number of alkyl halides is 1. The molecule has 152 valence electrons. The Hall–Kier alpha value is -0.0300. The van der Waals surface area contributed by atoms with Gasteiger partial charge in [0.15, 0.2) is 0 Å². The first-order chi connectivity index (χ1) is 12.0. The SMILES string of the molecule is C[C@@H]1/C=C\C[C@H](F)CS[C@H]2O[C@@H]([C@H](O)[C@H](O)[C@H]2O)[C@@H]1N[S@](=O)C(C)(C)C. The maximum Gasteiger partial charge on any atom is 0.132 e. The van der Waals surface area contributed by atoms with Gasteiger partial charge >= 0.3 is 0 Å². The maximum absolute atomic E-state index is 14.0. The van der Waals surface area contributed by atoms with Crippen LogP contribution < -0.4 is 4.72 Å². The van der Waals surface area contributed by atoms with Gasteiger partial charge in [-0.15, -0.1) is 11.8 Å². The number of halogens is 1. The van der Waals surface area contributed by atoms with Crippen molar-refractivity contribution >= 4 is 22.7 Å². The minimum absolute atomic E-state index is 0.113. The fourth-order valence-corrected chi connectivity index (χ4v) is 4.96. The van der Waals surface area contributed by atoms with E-state index in [-0.39, 0.29) is 18.1 Å². The van der Waals surface area contributed by atoms with E-state index in [4.69, 9.17) is 4.74 Å². The molecule has 0 aromatic carbocycles. The Balaban J connectivity index is 2.34. The number of aliphatic hydroxyl groups is 3. The summed E-state index contributed by atoms with van der Waals surface area (Å²) in [6, 6.07) is -0.581. The van der Waals surface area contributed by atoms with Crippen molar-refractivity contribution < 1.29 is 28.7 Å². The summed E-state index contributed by atoms with van der Waals surface area (Å²) < 4.78 is 35.0. The van der Waals surface area contributed by atoms with E-state index in [1.807, 2.05) is 33.8 Å². The number of rotatable bonds is 2. The van der Waals surface area contributed by atoms with E-state index in [1.54, 1.807) is 6.08 Å². The van der Waals surface area contributed by atoms with Crippen LogP contribution in [0.1, 0.15) is 34.1 Å². The molecular weight excluding hydrogens is 381 g/mol. The van der Waals surface area contributed by atoms with Gasteiger partial charge in [-0.3, -0.25) is 0 Å². The van der Waals surface area contributed by atoms with Crippen LogP contribution in [0.25, 0.3) is 0 Å². The topological polar surface area (TPSA) is 99.0 Å². The lowest BCUT2D eigenvalue weighted by atomic mass is 9.88. The fourth-order valence-electron chi connectivity index (χ4n) is 2.91. The third kappa shape index (κ3) is 5.27. The van der Waals surface area contributed by atoms with E-state index in [1.165, 1.54) is 0 Å². The Morgan fingerprint density at radius 2 is 1.88 bits per heavy atom. The van der Waals surface area contributed by atoms with Crippen LogP contribution in [0.15, 0.2) is 12.2 Å². The van der Waals surface area contributed by atoms with Crippen molar-refractivity contribution in [3.63, 3.8) is 0 Å². The second-order valence-corrected chi connectivity index (χ2v) is 11.0. The summed E-state index contributed by atoms with van der Waals surface area (Å²) >= 11 is 1.08. The largest absolute Gasteiger partial charge is 0.388 e. The van der Waals surface area contributed by atoms with Gasteiger partial charge in [-0.25, -0.2) is 13.3 Å². The van der Waals surface area contributed by atoms with E-state index in [0.29, 0.717) is 0 Å². The molecule has 2 bridgehead atoms. The maximum atomic E-state index is 14.0. The van der Waals surface area contributed by atoms with Crippen molar-refractivity contribution in [2.75, 3.05) is 5.75 Å². The van der Waals surface area contributed by atoms with E-state index in [0.717, 1.165) is 11.8 Å². The Morgan fingerprint density at radius 1 is 1.23 bits per heavy atom. The first kappa shape index (κ1) is 22.3. The number of allylic oxidation sites excluding steroid dienone is 1. The summed E-state index contributed by atoms with van der Waals surface area (Å²) in [6.07, 6.45) is -2.32. The number of thioether (sulfide) groups is 1. The van der Waals surface area contributed by atoms with Gasteiger partial charge in [-0.05, 0) is 33.1 Å². The van der Waals surface area contributed by atoms with Crippen molar-refractivity contribution in [1.82, 2.24) is 4.72 Å². The zero-order valence-electron chi connectivity index (χ0n) is 15.5. The quantitative estimate of drug-likeness (QED) is 0.504. The number of hydrogen-bond donors (Lipinski definition) is 4. The first-order valence-corrected chi connectivity index (χ1v) is 11.0. The lowest BCUT2D eigenvalue weighted by Gasteiger charge is -2.44. The normalized spacial score (nSPS) is 44.8. The monoisotopic (exact) mass is 411 g/mol. The van der Waals surface area contributed by atoms with Crippen LogP contribution in [-0.4, -0.2) is 72.1 Å². The molecule has 2 aliphatic heterocycles. The smallest absolute Gasteiger partial charge is 0.132 e. The molecule has 0 spiro atoms. The molecular formula is C17H30FNO5S2. The number of fused-ring (bicyclic) bond motifs is 2. The molecule has 0 amide bonds. The standard InChI is InChI=1S/C17H30FNO5S2/c1-9-6-5-7-10(18)8-25-16-14(22)12(20)13(21)15(24-16)11(9)19-26(23)17(2,3)4/h5-6,9-16,19-22H,7-8H2,1-4H3/b6-5-/t9-,10+,11-,12+,13-,14-,15-,16-,26-/m1/s1. The molecule has 1 saturated heterocycles. The van der Waals surface area contributed by atoms with E-state index in [2.05, 4.69) is 4.72 Å². The van der Waals surface area contributed by atoms with E-state index < -0.39 is 57.8 Å². The van der Waals surface area contributed by atoms with Crippen molar-refractivity contribution in [2.24, 2.45) is 5.92 Å². The number of nitrogens with one attached hydrogen (secondary N) is 1. The van der Waals surface area contributed by atoms with Gasteiger partial charge in [-0.2, -0.15) is 0 Å². The molecule has 0 aliphatic carbocycles. The molecule has 1 fully saturated rings. The van der Waals surface area contributed by atoms with Crippen LogP contribution in [-0.2, 0) is 15.7 Å². The third-order valence-electron chi connectivity index (χ3n) is 4.60. The molecule has 0 aromatic heterocycles. The van der Waals surface area contributed by atoms with Gasteiger partial charge in [0.05, 0.1) is 21.8 Å². The highest BCUT2D eigenvalue weighted by Crippen LogP contribution is 2.33. The van der Waals surface area contributed by atoms with E-state index >= 15 is 0 Å². The molecule has 0 aromatic rings. The van der Waals surface area contributed by atoms with Crippen molar-refractivity contribution in [3.05, 3.63) is 12.2 Å². The van der Waals surface area contributed by atoms with Gasteiger partial charge in [0, 0.05) is 5.75 Å². The average molecular weight is 412 g/mol. The zero-order valence-corrected chi connectivity index (χ0v) is 17.2. The van der Waals surface area contributed by atoms with Crippen LogP contribution in [0.3, 0.4) is 0 Å². The molecule has 2 heterocycles. The van der Waals surface area contributed by atoms with Crippen LogP contribution >= 0.6 is 11.8 Å². The predicted molar refractivity (Wildman–Crippen MR) is 102 cm³/mol. The van der Waals surface area contributed by atoms with Crippen molar-refractivity contribution in [1.29, 1.82) is 0 Å². The highest BCUT2D eigenvalue weighted by molar-refractivity contribution is 7.99. The molecule has 9 heteroatoms. The van der Waals surface area contributed by atoms with E-state index in [9.17, 15) is 23.9 Å². The van der Waals surface area contributed by atoms with Gasteiger partial charge in [0.25, 0.3) is 0 Å². The Labute approximate surface area is 161 Å². The Morgan fingerprint density at radius 3 is 2.50 bits per heavy atom. The van der Waals surface area contributed by atoms with Crippen LogP contribution in [0, 0.1) is 5.92 Å². The summed E-state index contributed by atoms with van der Waals surface area (Å²) in [6.45, 7) is 7.33. The van der Waals surface area contributed by atoms with Gasteiger partial charge in [0.1, 0.15) is 36.0 Å². The molecule has 0 unspecified atom stereocenters. The van der Waals surface area contributed by atoms with Gasteiger partial charge in [-0.1, -0.05) is 19.1 Å². The lowest BCUT2D eigenvalue weighted by molar-refractivity contribution is -0.205. The number of hydrogen-bond acceptors (Lipinski definition) is 6. The Bertz CT molecular complexity index is 530. The molecule has 0 radical (unpaired) electrons. The minimum Gasteiger partial charge on any atom is -0.388 e. The van der Waals surface area contributed by atoms with Crippen LogP contribution in [0.4, 0.5) is 4.39 Å². The molecule has 2 aliphatic rings. The highest BCUT2D eigenvalue weighted by atomic mass is 32.2. The molecule has 4 N–H and O–H groups in total. The number of aliphatic hydroxyl groups excluding tert-OH is 3. The van der Waals surface area contributed by atoms with Crippen molar-refractivity contribution in [3.8, 4) is 0 Å². The number of ether oxygens (including phenoxy) is 1. The van der Waals surface area contributed by atoms with Crippen LogP contribution in [0.5, 0.6) is 0 Å². The predicted octanol–water partition coefficient (Wildman–Crippen LogP) is 0.882. The molecule has 26 heavy (non-hydrogen) atoms. The molecule has 0 saturated carbocycles. The molecule has 6 nitrogen and oxygen atoms in total. The summed E-state index contributed by atoms with van der Waals surface area (Å²) in [7, 11) is -1.43. The average Bonchev–Trinajstić information content (AvgIpc) is 2.57. The van der Waals surface area contributed by atoms with Crippen molar-refractivity contribution in [2.45, 2.75) is 80.9 Å².